The lowest BCUT2D eigenvalue weighted by molar-refractivity contribution is -0.156. The minimum Gasteiger partial charge on any atom is -0.461 e. The highest BCUT2D eigenvalue weighted by Gasteiger charge is 2.44. The summed E-state index contributed by atoms with van der Waals surface area (Å²) in [7, 11) is 0. The minimum atomic E-state index is -0.612. The Morgan fingerprint density at radius 1 is 1.36 bits per heavy atom. The van der Waals surface area contributed by atoms with Gasteiger partial charge in [-0.05, 0) is 32.8 Å². The molecule has 0 amide bonds. The highest BCUT2D eigenvalue weighted by atomic mass is 16.6. The molecule has 0 aromatic rings. The predicted octanol–water partition coefficient (Wildman–Crippen LogP) is 3.09. The first-order valence-electron chi connectivity index (χ1n) is 8.85. The van der Waals surface area contributed by atoms with E-state index in [1.165, 1.54) is 0 Å². The fraction of sp³-hybridized carbons (Fsp3) is 0.600. The summed E-state index contributed by atoms with van der Waals surface area (Å²) in [4.78, 5) is 24.4. The average molecular weight is 348 g/mol. The molecule has 0 bridgehead atoms. The van der Waals surface area contributed by atoms with Crippen LogP contribution < -0.4 is 0 Å². The normalized spacial score (nSPS) is 31.4. The second-order valence-electron chi connectivity index (χ2n) is 7.21. The first-order valence-corrected chi connectivity index (χ1v) is 8.85. The molecule has 0 radical (unpaired) electrons. The highest BCUT2D eigenvalue weighted by Crippen LogP contribution is 2.36. The van der Waals surface area contributed by atoms with Crippen molar-refractivity contribution in [2.75, 3.05) is 0 Å². The Balaban J connectivity index is 2.39. The molecule has 2 aliphatic rings. The molecule has 1 heterocycles. The number of fused-ring (bicyclic) bond motifs is 1. The molecule has 1 aliphatic heterocycles. The molecule has 138 valence electrons. The van der Waals surface area contributed by atoms with Gasteiger partial charge in [0.2, 0.25) is 0 Å². The number of aliphatic hydroxyl groups is 1. The quantitative estimate of drug-likeness (QED) is 0.482. The molecule has 25 heavy (non-hydrogen) atoms. The van der Waals surface area contributed by atoms with Gasteiger partial charge in [0.05, 0.1) is 17.9 Å². The fourth-order valence-corrected chi connectivity index (χ4v) is 3.31. The van der Waals surface area contributed by atoms with Crippen LogP contribution in [0.15, 0.2) is 35.5 Å². The third-order valence-electron chi connectivity index (χ3n) is 4.92. The van der Waals surface area contributed by atoms with Crippen molar-refractivity contribution < 1.29 is 24.2 Å². The molecule has 0 aromatic carbocycles. The van der Waals surface area contributed by atoms with Crippen LogP contribution >= 0.6 is 0 Å². The van der Waals surface area contributed by atoms with Gasteiger partial charge < -0.3 is 14.6 Å². The molecular formula is C20H28O5. The largest absolute Gasteiger partial charge is 0.461 e. The van der Waals surface area contributed by atoms with Crippen molar-refractivity contribution in [3.05, 3.63) is 35.5 Å². The molecule has 1 fully saturated rings. The smallest absolute Gasteiger partial charge is 0.334 e. The molecule has 0 spiro atoms. The van der Waals surface area contributed by atoms with Gasteiger partial charge in [0.25, 0.3) is 0 Å². The van der Waals surface area contributed by atoms with E-state index in [4.69, 9.17) is 9.47 Å². The summed E-state index contributed by atoms with van der Waals surface area (Å²) in [6.45, 7) is 11.4. The Labute approximate surface area is 149 Å². The van der Waals surface area contributed by atoms with E-state index in [0.717, 1.165) is 11.1 Å². The topological polar surface area (TPSA) is 72.8 Å². The minimum absolute atomic E-state index is 0.215. The van der Waals surface area contributed by atoms with Crippen molar-refractivity contribution in [3.63, 3.8) is 0 Å². The number of ether oxygens (including phenoxy) is 2. The number of aliphatic hydroxyl groups excluding tert-OH is 1. The van der Waals surface area contributed by atoms with Crippen LogP contribution in [0.5, 0.6) is 0 Å². The second kappa shape index (κ2) is 8.00. The SMILES string of the molecule is C=C1C(=O)O[C@@H]2C=C(C)C[C@H](O)C=C(C)C[C@@H](OC(=O)C(C)CC)[C@@H]12. The molecular weight excluding hydrogens is 320 g/mol. The van der Waals surface area contributed by atoms with E-state index in [0.29, 0.717) is 24.8 Å². The third-order valence-corrected chi connectivity index (χ3v) is 4.92. The summed E-state index contributed by atoms with van der Waals surface area (Å²) in [6.07, 6.45) is 3.53. The van der Waals surface area contributed by atoms with Gasteiger partial charge in [-0.3, -0.25) is 4.79 Å². The average Bonchev–Trinajstić information content (AvgIpc) is 2.78. The van der Waals surface area contributed by atoms with E-state index in [-0.39, 0.29) is 11.9 Å². The molecule has 1 N–H and O–H groups in total. The van der Waals surface area contributed by atoms with Gasteiger partial charge in [-0.25, -0.2) is 4.79 Å². The van der Waals surface area contributed by atoms with Gasteiger partial charge in [0.15, 0.2) is 0 Å². The summed E-state index contributed by atoms with van der Waals surface area (Å²) in [5.74, 6) is -1.36. The van der Waals surface area contributed by atoms with Crippen LogP contribution in [0.3, 0.4) is 0 Å². The number of rotatable bonds is 3. The third kappa shape index (κ3) is 4.60. The standard InChI is InChI=1S/C20H28O5/c1-6-13(4)19(22)24-16-9-11(2)7-15(21)8-12(3)10-17-18(16)14(5)20(23)25-17/h7,10,13,15-18,21H,5-6,8-9H2,1-4H3/t13?,15-,16-,17-,18-/m1/s1. The highest BCUT2D eigenvalue weighted by molar-refractivity contribution is 5.91. The van der Waals surface area contributed by atoms with E-state index in [9.17, 15) is 14.7 Å². The second-order valence-corrected chi connectivity index (χ2v) is 7.21. The van der Waals surface area contributed by atoms with Crippen LogP contribution in [-0.2, 0) is 19.1 Å². The maximum Gasteiger partial charge on any atom is 0.334 e. The van der Waals surface area contributed by atoms with E-state index >= 15 is 0 Å². The zero-order chi connectivity index (χ0) is 18.7. The van der Waals surface area contributed by atoms with E-state index < -0.39 is 30.2 Å². The van der Waals surface area contributed by atoms with Gasteiger partial charge in [-0.1, -0.05) is 37.6 Å². The van der Waals surface area contributed by atoms with E-state index in [1.807, 2.05) is 33.8 Å². The molecule has 0 saturated carbocycles. The number of esters is 2. The van der Waals surface area contributed by atoms with Gasteiger partial charge in [0, 0.05) is 12.0 Å². The Morgan fingerprint density at radius 3 is 2.64 bits per heavy atom. The molecule has 1 unspecified atom stereocenters. The lowest BCUT2D eigenvalue weighted by atomic mass is 9.85. The van der Waals surface area contributed by atoms with Crippen molar-refractivity contribution in [2.24, 2.45) is 11.8 Å². The zero-order valence-electron chi connectivity index (χ0n) is 15.5. The number of carbonyl (C=O) groups is 2. The fourth-order valence-electron chi connectivity index (χ4n) is 3.31. The van der Waals surface area contributed by atoms with Crippen molar-refractivity contribution in [2.45, 2.75) is 65.3 Å². The lowest BCUT2D eigenvalue weighted by Crippen LogP contribution is -2.35. The van der Waals surface area contributed by atoms with Crippen LogP contribution in [0, 0.1) is 11.8 Å². The Morgan fingerprint density at radius 2 is 2.00 bits per heavy atom. The molecule has 1 saturated heterocycles. The number of hydrogen-bond acceptors (Lipinski definition) is 5. The monoisotopic (exact) mass is 348 g/mol. The Hall–Kier alpha value is -1.88. The summed E-state index contributed by atoms with van der Waals surface area (Å²) in [5, 5.41) is 10.2. The van der Waals surface area contributed by atoms with Crippen LogP contribution in [0.25, 0.3) is 0 Å². The van der Waals surface area contributed by atoms with Gasteiger partial charge in [0.1, 0.15) is 12.2 Å². The molecule has 1 aliphatic carbocycles. The number of hydrogen-bond donors (Lipinski definition) is 1. The van der Waals surface area contributed by atoms with Crippen LogP contribution in [0.4, 0.5) is 0 Å². The molecule has 5 atom stereocenters. The van der Waals surface area contributed by atoms with E-state index in [2.05, 4.69) is 6.58 Å². The van der Waals surface area contributed by atoms with Crippen molar-refractivity contribution in [3.8, 4) is 0 Å². The maximum atomic E-state index is 12.3. The summed E-state index contributed by atoms with van der Waals surface area (Å²) in [6, 6.07) is 0. The predicted molar refractivity (Wildman–Crippen MR) is 94.6 cm³/mol. The van der Waals surface area contributed by atoms with E-state index in [1.54, 1.807) is 6.08 Å². The lowest BCUT2D eigenvalue weighted by Gasteiger charge is -2.28. The van der Waals surface area contributed by atoms with Crippen LogP contribution in [-0.4, -0.2) is 35.4 Å². The van der Waals surface area contributed by atoms with Gasteiger partial charge >= 0.3 is 11.9 Å². The summed E-state index contributed by atoms with van der Waals surface area (Å²) >= 11 is 0. The van der Waals surface area contributed by atoms with Crippen molar-refractivity contribution >= 4 is 11.9 Å². The van der Waals surface area contributed by atoms with Gasteiger partial charge in [-0.15, -0.1) is 0 Å². The summed E-state index contributed by atoms with van der Waals surface area (Å²) < 4.78 is 11.2. The van der Waals surface area contributed by atoms with Crippen molar-refractivity contribution in [1.82, 2.24) is 0 Å². The number of carbonyl (C=O) groups excluding carboxylic acids is 2. The van der Waals surface area contributed by atoms with Crippen LogP contribution in [0.1, 0.15) is 47.0 Å². The first kappa shape index (κ1) is 19.4. The summed E-state index contributed by atoms with van der Waals surface area (Å²) in [5.41, 5.74) is 2.17. The molecule has 0 aromatic heterocycles. The zero-order valence-corrected chi connectivity index (χ0v) is 15.5. The van der Waals surface area contributed by atoms with Crippen molar-refractivity contribution in [1.29, 1.82) is 0 Å². The first-order chi connectivity index (χ1) is 11.7. The Bertz CT molecular complexity index is 616. The molecule has 5 nitrogen and oxygen atoms in total. The molecule has 2 rings (SSSR count). The van der Waals surface area contributed by atoms with Gasteiger partial charge in [-0.2, -0.15) is 0 Å². The van der Waals surface area contributed by atoms with Crippen LogP contribution in [0.2, 0.25) is 0 Å². The molecule has 5 heteroatoms. The Kier molecular flexibility index (Phi) is 6.22. The maximum absolute atomic E-state index is 12.3.